The molecule has 0 saturated carbocycles. The minimum absolute atomic E-state index is 0.137. The van der Waals surface area contributed by atoms with Crippen LogP contribution in [0.2, 0.25) is 0 Å². The molecule has 0 fully saturated rings. The van der Waals surface area contributed by atoms with Crippen LogP contribution in [-0.4, -0.2) is 28.9 Å². The molecule has 0 unspecified atom stereocenters. The summed E-state index contributed by atoms with van der Waals surface area (Å²) in [4.78, 5) is 17.4. The van der Waals surface area contributed by atoms with Crippen molar-refractivity contribution in [2.45, 2.75) is 20.0 Å². The number of benzene rings is 1. The lowest BCUT2D eigenvalue weighted by atomic mass is 10.1. The number of carbonyl (C=O) groups excluding carboxylic acids is 1. The minimum Gasteiger partial charge on any atom is -0.339 e. The lowest BCUT2D eigenvalue weighted by Crippen LogP contribution is -2.30. The molecule has 1 heterocycles. The summed E-state index contributed by atoms with van der Waals surface area (Å²) in [7, 11) is 0. The van der Waals surface area contributed by atoms with Crippen molar-refractivity contribution in [3.05, 3.63) is 41.6 Å². The zero-order chi connectivity index (χ0) is 15.6. The van der Waals surface area contributed by atoms with Crippen LogP contribution >= 0.6 is 0 Å². The van der Waals surface area contributed by atoms with Crippen LogP contribution in [-0.2, 0) is 6.18 Å². The molecule has 2 aromatic rings. The molecule has 1 aromatic heterocycles. The third kappa shape index (κ3) is 3.15. The van der Waals surface area contributed by atoms with Crippen molar-refractivity contribution in [1.29, 1.82) is 0 Å². The molecular weight excluding hydrogens is 281 g/mol. The highest BCUT2D eigenvalue weighted by Gasteiger charge is 2.32. The molecule has 0 saturated heterocycles. The Morgan fingerprint density at radius 3 is 2.38 bits per heavy atom. The Morgan fingerprint density at radius 1 is 1.14 bits per heavy atom. The normalized spacial score (nSPS) is 11.7. The number of hydrogen-bond donors (Lipinski definition) is 0. The summed E-state index contributed by atoms with van der Waals surface area (Å²) in [6, 6.07) is 6.79. The van der Waals surface area contributed by atoms with Gasteiger partial charge >= 0.3 is 6.18 Å². The number of alkyl halides is 3. The van der Waals surface area contributed by atoms with Crippen molar-refractivity contribution >= 4 is 16.8 Å². The number of hydrogen-bond acceptors (Lipinski definition) is 2. The molecule has 6 heteroatoms. The monoisotopic (exact) mass is 296 g/mol. The quantitative estimate of drug-likeness (QED) is 0.864. The van der Waals surface area contributed by atoms with Gasteiger partial charge in [-0.05, 0) is 38.1 Å². The molecule has 3 nitrogen and oxygen atoms in total. The van der Waals surface area contributed by atoms with Crippen LogP contribution in [0.3, 0.4) is 0 Å². The lowest BCUT2D eigenvalue weighted by Gasteiger charge is -2.18. The highest BCUT2D eigenvalue weighted by molar-refractivity contribution is 5.97. The number of amides is 1. The van der Waals surface area contributed by atoms with Crippen molar-refractivity contribution in [2.75, 3.05) is 13.1 Å². The third-order valence-electron chi connectivity index (χ3n) is 3.28. The summed E-state index contributed by atoms with van der Waals surface area (Å²) in [6.45, 7) is 4.91. The predicted octanol–water partition coefficient (Wildman–Crippen LogP) is 3.74. The maximum absolute atomic E-state index is 12.6. The van der Waals surface area contributed by atoms with Gasteiger partial charge in [-0.1, -0.05) is 6.07 Å². The van der Waals surface area contributed by atoms with Gasteiger partial charge in [0.05, 0.1) is 5.52 Å². The Morgan fingerprint density at radius 2 is 1.81 bits per heavy atom. The van der Waals surface area contributed by atoms with Crippen LogP contribution < -0.4 is 0 Å². The van der Waals surface area contributed by atoms with E-state index in [9.17, 15) is 18.0 Å². The third-order valence-corrected chi connectivity index (χ3v) is 3.28. The van der Waals surface area contributed by atoms with E-state index in [-0.39, 0.29) is 11.4 Å². The van der Waals surface area contributed by atoms with Crippen LogP contribution in [0, 0.1) is 0 Å². The van der Waals surface area contributed by atoms with Crippen LogP contribution in [0.5, 0.6) is 0 Å². The van der Waals surface area contributed by atoms with Crippen LogP contribution in [0.1, 0.15) is 29.9 Å². The highest BCUT2D eigenvalue weighted by atomic mass is 19.4. The maximum Gasteiger partial charge on any atom is 0.433 e. The van der Waals surface area contributed by atoms with E-state index in [0.29, 0.717) is 24.0 Å². The molecule has 0 N–H and O–H groups in total. The fourth-order valence-electron chi connectivity index (χ4n) is 2.11. The van der Waals surface area contributed by atoms with Crippen molar-refractivity contribution in [3.8, 4) is 0 Å². The highest BCUT2D eigenvalue weighted by Crippen LogP contribution is 2.29. The SMILES string of the molecule is CCN(CC)C(=O)c1ccc2nc(C(F)(F)F)ccc2c1. The second-order valence-corrected chi connectivity index (χ2v) is 4.58. The van der Waals surface area contributed by atoms with Gasteiger partial charge in [-0.2, -0.15) is 13.2 Å². The Hall–Kier alpha value is -2.11. The molecule has 0 radical (unpaired) electrons. The minimum atomic E-state index is -4.47. The molecule has 0 aliphatic rings. The average molecular weight is 296 g/mol. The van der Waals surface area contributed by atoms with E-state index in [0.717, 1.165) is 6.07 Å². The van der Waals surface area contributed by atoms with Gasteiger partial charge in [0.25, 0.3) is 5.91 Å². The number of pyridine rings is 1. The fourth-order valence-corrected chi connectivity index (χ4v) is 2.11. The smallest absolute Gasteiger partial charge is 0.339 e. The second kappa shape index (κ2) is 5.71. The van der Waals surface area contributed by atoms with Gasteiger partial charge in [0.1, 0.15) is 5.69 Å². The molecule has 0 aliphatic heterocycles. The first-order valence-corrected chi connectivity index (χ1v) is 6.64. The van der Waals surface area contributed by atoms with E-state index in [2.05, 4.69) is 4.98 Å². The lowest BCUT2D eigenvalue weighted by molar-refractivity contribution is -0.140. The van der Waals surface area contributed by atoms with E-state index in [1.54, 1.807) is 11.0 Å². The number of halogens is 3. The number of fused-ring (bicyclic) bond motifs is 1. The van der Waals surface area contributed by atoms with Crippen LogP contribution in [0.15, 0.2) is 30.3 Å². The van der Waals surface area contributed by atoms with Gasteiger partial charge in [-0.25, -0.2) is 4.98 Å². The van der Waals surface area contributed by atoms with Crippen molar-refractivity contribution < 1.29 is 18.0 Å². The van der Waals surface area contributed by atoms with Gasteiger partial charge in [-0.3, -0.25) is 4.79 Å². The number of nitrogens with zero attached hydrogens (tertiary/aromatic N) is 2. The predicted molar refractivity (Wildman–Crippen MR) is 74.0 cm³/mol. The van der Waals surface area contributed by atoms with Gasteiger partial charge < -0.3 is 4.90 Å². The zero-order valence-electron chi connectivity index (χ0n) is 11.7. The fraction of sp³-hybridized carbons (Fsp3) is 0.333. The molecule has 2 rings (SSSR count). The summed E-state index contributed by atoms with van der Waals surface area (Å²) < 4.78 is 37.8. The Kier molecular flexibility index (Phi) is 4.16. The van der Waals surface area contributed by atoms with Crippen molar-refractivity contribution in [3.63, 3.8) is 0 Å². The molecule has 0 atom stereocenters. The molecule has 112 valence electrons. The van der Waals surface area contributed by atoms with E-state index >= 15 is 0 Å². The van der Waals surface area contributed by atoms with Gasteiger partial charge in [-0.15, -0.1) is 0 Å². The molecule has 1 aromatic carbocycles. The molecule has 21 heavy (non-hydrogen) atoms. The van der Waals surface area contributed by atoms with Gasteiger partial charge in [0.15, 0.2) is 0 Å². The number of aromatic nitrogens is 1. The molecular formula is C15H15F3N2O. The first-order chi connectivity index (χ1) is 9.86. The largest absolute Gasteiger partial charge is 0.433 e. The van der Waals surface area contributed by atoms with Crippen LogP contribution in [0.25, 0.3) is 10.9 Å². The van der Waals surface area contributed by atoms with Crippen molar-refractivity contribution in [1.82, 2.24) is 9.88 Å². The summed E-state index contributed by atoms with van der Waals surface area (Å²) in [6.07, 6.45) is -4.47. The van der Waals surface area contributed by atoms with E-state index in [1.165, 1.54) is 18.2 Å². The Bertz CT molecular complexity index is 664. The summed E-state index contributed by atoms with van der Waals surface area (Å²) >= 11 is 0. The van der Waals surface area contributed by atoms with Crippen LogP contribution in [0.4, 0.5) is 13.2 Å². The first-order valence-electron chi connectivity index (χ1n) is 6.64. The zero-order valence-corrected chi connectivity index (χ0v) is 11.7. The Balaban J connectivity index is 2.42. The van der Waals surface area contributed by atoms with Gasteiger partial charge in [0, 0.05) is 24.0 Å². The molecule has 1 amide bonds. The van der Waals surface area contributed by atoms with Gasteiger partial charge in [0.2, 0.25) is 0 Å². The molecule has 0 bridgehead atoms. The standard InChI is InChI=1S/C15H15F3N2O/c1-3-20(4-2)14(21)11-5-7-12-10(9-11)6-8-13(19-12)15(16,17)18/h5-9H,3-4H2,1-2H3. The maximum atomic E-state index is 12.6. The molecule has 0 spiro atoms. The van der Waals surface area contributed by atoms with E-state index < -0.39 is 11.9 Å². The number of carbonyl (C=O) groups is 1. The first kappa shape index (κ1) is 15.3. The van der Waals surface area contributed by atoms with Crippen molar-refractivity contribution in [2.24, 2.45) is 0 Å². The summed E-state index contributed by atoms with van der Waals surface area (Å²) in [5.41, 5.74) is -0.258. The van der Waals surface area contributed by atoms with E-state index in [4.69, 9.17) is 0 Å². The summed E-state index contributed by atoms with van der Waals surface area (Å²) in [5, 5.41) is 0.515. The molecule has 0 aliphatic carbocycles. The topological polar surface area (TPSA) is 33.2 Å². The average Bonchev–Trinajstić information content (AvgIpc) is 2.46. The summed E-state index contributed by atoms with van der Waals surface area (Å²) in [5.74, 6) is -0.137. The van der Waals surface area contributed by atoms with E-state index in [1.807, 2.05) is 13.8 Å². The second-order valence-electron chi connectivity index (χ2n) is 4.58. The Labute approximate surface area is 120 Å². The number of rotatable bonds is 3.